The van der Waals surface area contributed by atoms with Crippen LogP contribution in [0.25, 0.3) is 0 Å². The SMILES string of the molecule is CC1(CCNC(=O)NC2CCCC3(CC3)C2)CCCC1. The highest BCUT2D eigenvalue weighted by molar-refractivity contribution is 5.74. The van der Waals surface area contributed by atoms with E-state index in [2.05, 4.69) is 17.6 Å². The van der Waals surface area contributed by atoms with Crippen molar-refractivity contribution in [2.24, 2.45) is 10.8 Å². The molecule has 2 amide bonds. The lowest BCUT2D eigenvalue weighted by Crippen LogP contribution is -2.45. The van der Waals surface area contributed by atoms with Gasteiger partial charge in [-0.1, -0.05) is 26.2 Å². The number of urea groups is 1. The van der Waals surface area contributed by atoms with Crippen LogP contribution in [0.5, 0.6) is 0 Å². The Balaban J connectivity index is 1.35. The second-order valence-electron chi connectivity index (χ2n) is 7.96. The maximum absolute atomic E-state index is 12.0. The van der Waals surface area contributed by atoms with Crippen molar-refractivity contribution < 1.29 is 4.79 Å². The zero-order chi connectivity index (χ0) is 14.1. The van der Waals surface area contributed by atoms with E-state index in [4.69, 9.17) is 0 Å². The van der Waals surface area contributed by atoms with Gasteiger partial charge in [-0.15, -0.1) is 0 Å². The van der Waals surface area contributed by atoms with E-state index in [0.29, 0.717) is 16.9 Å². The van der Waals surface area contributed by atoms with E-state index in [1.165, 1.54) is 64.2 Å². The van der Waals surface area contributed by atoms with E-state index in [-0.39, 0.29) is 6.03 Å². The van der Waals surface area contributed by atoms with Gasteiger partial charge in [-0.3, -0.25) is 0 Å². The van der Waals surface area contributed by atoms with Crippen LogP contribution in [0, 0.1) is 10.8 Å². The first-order valence-corrected chi connectivity index (χ1v) is 8.64. The molecule has 3 rings (SSSR count). The summed E-state index contributed by atoms with van der Waals surface area (Å²) in [7, 11) is 0. The summed E-state index contributed by atoms with van der Waals surface area (Å²) in [6.45, 7) is 3.21. The van der Waals surface area contributed by atoms with Gasteiger partial charge in [0.2, 0.25) is 0 Å². The van der Waals surface area contributed by atoms with Crippen LogP contribution in [-0.2, 0) is 0 Å². The molecular formula is C17H30N2O. The second kappa shape index (κ2) is 5.57. The van der Waals surface area contributed by atoms with Gasteiger partial charge in [0.15, 0.2) is 0 Å². The van der Waals surface area contributed by atoms with E-state index in [9.17, 15) is 4.79 Å². The largest absolute Gasteiger partial charge is 0.338 e. The molecule has 2 N–H and O–H groups in total. The molecule has 0 aliphatic heterocycles. The Bertz CT molecular complexity index is 356. The number of carbonyl (C=O) groups excluding carboxylic acids is 1. The minimum atomic E-state index is 0.0642. The van der Waals surface area contributed by atoms with Gasteiger partial charge in [0.1, 0.15) is 0 Å². The molecule has 0 aromatic rings. The van der Waals surface area contributed by atoms with Gasteiger partial charge in [-0.25, -0.2) is 4.79 Å². The molecule has 114 valence electrons. The molecule has 0 heterocycles. The quantitative estimate of drug-likeness (QED) is 0.802. The van der Waals surface area contributed by atoms with Crippen LogP contribution < -0.4 is 10.6 Å². The van der Waals surface area contributed by atoms with Crippen molar-refractivity contribution >= 4 is 6.03 Å². The molecule has 0 radical (unpaired) electrons. The predicted octanol–water partition coefficient (Wildman–Crippen LogP) is 3.98. The number of amides is 2. The third-order valence-corrected chi connectivity index (χ3v) is 6.06. The van der Waals surface area contributed by atoms with Crippen molar-refractivity contribution in [2.75, 3.05) is 6.54 Å². The van der Waals surface area contributed by atoms with Crippen LogP contribution in [0.15, 0.2) is 0 Å². The highest BCUT2D eigenvalue weighted by atomic mass is 16.2. The molecule has 3 fully saturated rings. The highest BCUT2D eigenvalue weighted by Gasteiger charge is 2.45. The molecule has 3 aliphatic rings. The van der Waals surface area contributed by atoms with Crippen molar-refractivity contribution in [3.63, 3.8) is 0 Å². The Morgan fingerprint density at radius 2 is 1.85 bits per heavy atom. The summed E-state index contributed by atoms with van der Waals surface area (Å²) in [5.74, 6) is 0. The number of hydrogen-bond donors (Lipinski definition) is 2. The first-order valence-electron chi connectivity index (χ1n) is 8.64. The Morgan fingerprint density at radius 1 is 1.10 bits per heavy atom. The average molecular weight is 278 g/mol. The fraction of sp³-hybridized carbons (Fsp3) is 0.941. The normalized spacial score (nSPS) is 30.1. The minimum absolute atomic E-state index is 0.0642. The summed E-state index contributed by atoms with van der Waals surface area (Å²) in [5.41, 5.74) is 1.11. The van der Waals surface area contributed by atoms with Gasteiger partial charge in [-0.2, -0.15) is 0 Å². The smallest absolute Gasteiger partial charge is 0.315 e. The molecule has 3 aliphatic carbocycles. The molecule has 0 bridgehead atoms. The molecular weight excluding hydrogens is 248 g/mol. The van der Waals surface area contributed by atoms with Crippen LogP contribution >= 0.6 is 0 Å². The zero-order valence-electron chi connectivity index (χ0n) is 13.0. The first-order chi connectivity index (χ1) is 9.59. The van der Waals surface area contributed by atoms with Crippen LogP contribution in [0.3, 0.4) is 0 Å². The van der Waals surface area contributed by atoms with Crippen molar-refractivity contribution in [1.82, 2.24) is 10.6 Å². The van der Waals surface area contributed by atoms with Crippen LogP contribution in [0.2, 0.25) is 0 Å². The van der Waals surface area contributed by atoms with E-state index in [1.54, 1.807) is 0 Å². The third kappa shape index (κ3) is 3.48. The standard InChI is InChI=1S/C17H30N2O/c1-16(6-2-3-7-16)11-12-18-15(20)19-14-5-4-8-17(13-14)9-10-17/h14H,2-13H2,1H3,(H2,18,19,20). The summed E-state index contributed by atoms with van der Waals surface area (Å²) < 4.78 is 0. The van der Waals surface area contributed by atoms with E-state index >= 15 is 0 Å². The number of rotatable bonds is 4. The second-order valence-corrected chi connectivity index (χ2v) is 7.96. The summed E-state index contributed by atoms with van der Waals surface area (Å²) >= 11 is 0. The molecule has 0 aromatic carbocycles. The molecule has 1 spiro atoms. The van der Waals surface area contributed by atoms with Gasteiger partial charge in [0, 0.05) is 12.6 Å². The van der Waals surface area contributed by atoms with Crippen molar-refractivity contribution in [1.29, 1.82) is 0 Å². The molecule has 1 atom stereocenters. The van der Waals surface area contributed by atoms with Crippen LogP contribution in [-0.4, -0.2) is 18.6 Å². The van der Waals surface area contributed by atoms with E-state index < -0.39 is 0 Å². The molecule has 3 nitrogen and oxygen atoms in total. The first kappa shape index (κ1) is 14.2. The van der Waals surface area contributed by atoms with Gasteiger partial charge >= 0.3 is 6.03 Å². The Kier molecular flexibility index (Phi) is 3.96. The van der Waals surface area contributed by atoms with Crippen LogP contribution in [0.1, 0.15) is 77.6 Å². The lowest BCUT2D eigenvalue weighted by atomic mass is 9.83. The Labute approximate surface area is 123 Å². The lowest BCUT2D eigenvalue weighted by molar-refractivity contribution is 0.219. The zero-order valence-corrected chi connectivity index (χ0v) is 13.0. The molecule has 1 unspecified atom stereocenters. The number of nitrogens with one attached hydrogen (secondary N) is 2. The van der Waals surface area contributed by atoms with E-state index in [0.717, 1.165) is 13.0 Å². The Hall–Kier alpha value is -0.730. The third-order valence-electron chi connectivity index (χ3n) is 6.06. The van der Waals surface area contributed by atoms with Gasteiger partial charge in [0.25, 0.3) is 0 Å². The summed E-state index contributed by atoms with van der Waals surface area (Å²) in [6, 6.07) is 0.489. The number of hydrogen-bond acceptors (Lipinski definition) is 1. The summed E-state index contributed by atoms with van der Waals surface area (Å²) in [4.78, 5) is 12.0. The fourth-order valence-corrected chi connectivity index (χ4v) is 4.40. The topological polar surface area (TPSA) is 41.1 Å². The van der Waals surface area contributed by atoms with Gasteiger partial charge in [0.05, 0.1) is 0 Å². The van der Waals surface area contributed by atoms with Crippen molar-refractivity contribution in [3.8, 4) is 0 Å². The predicted molar refractivity (Wildman–Crippen MR) is 81.6 cm³/mol. The molecule has 0 aromatic heterocycles. The fourth-order valence-electron chi connectivity index (χ4n) is 4.40. The minimum Gasteiger partial charge on any atom is -0.338 e. The molecule has 0 saturated heterocycles. The van der Waals surface area contributed by atoms with Crippen molar-refractivity contribution in [2.45, 2.75) is 83.6 Å². The molecule has 20 heavy (non-hydrogen) atoms. The Morgan fingerprint density at radius 3 is 2.55 bits per heavy atom. The van der Waals surface area contributed by atoms with Crippen molar-refractivity contribution in [3.05, 3.63) is 0 Å². The summed E-state index contributed by atoms with van der Waals surface area (Å²) in [6.07, 6.45) is 14.4. The average Bonchev–Trinajstić information content (AvgIpc) is 2.98. The van der Waals surface area contributed by atoms with Gasteiger partial charge < -0.3 is 10.6 Å². The lowest BCUT2D eigenvalue weighted by Gasteiger charge is -2.30. The molecule has 3 saturated carbocycles. The maximum Gasteiger partial charge on any atom is 0.315 e. The van der Waals surface area contributed by atoms with Crippen LogP contribution in [0.4, 0.5) is 4.79 Å². The number of carbonyl (C=O) groups is 1. The molecule has 3 heteroatoms. The highest BCUT2D eigenvalue weighted by Crippen LogP contribution is 2.56. The summed E-state index contributed by atoms with van der Waals surface area (Å²) in [5, 5.41) is 6.28. The van der Waals surface area contributed by atoms with E-state index in [1.807, 2.05) is 0 Å². The van der Waals surface area contributed by atoms with Gasteiger partial charge in [-0.05, 0) is 62.2 Å². The maximum atomic E-state index is 12.0. The monoisotopic (exact) mass is 278 g/mol.